The monoisotopic (exact) mass is 530 g/mol. The highest BCUT2D eigenvalue weighted by atomic mass is 33.1. The van der Waals surface area contributed by atoms with Crippen LogP contribution >= 0.6 is 21.6 Å². The lowest BCUT2D eigenvalue weighted by molar-refractivity contribution is 0.248. The Balaban J connectivity index is 1.61. The summed E-state index contributed by atoms with van der Waals surface area (Å²) >= 11 is 0. The predicted molar refractivity (Wildman–Crippen MR) is 161 cm³/mol. The summed E-state index contributed by atoms with van der Waals surface area (Å²) in [5.41, 5.74) is 0. The minimum absolute atomic E-state index is 0.613. The van der Waals surface area contributed by atoms with E-state index in [0.29, 0.717) is 11.8 Å². The predicted octanol–water partition coefficient (Wildman–Crippen LogP) is 11.2. The van der Waals surface area contributed by atoms with Crippen molar-refractivity contribution in [1.82, 2.24) is 0 Å². The molecule has 0 fully saturated rings. The lowest BCUT2D eigenvalue weighted by Gasteiger charge is -2.13. The van der Waals surface area contributed by atoms with E-state index in [1.165, 1.54) is 86.8 Å². The van der Waals surface area contributed by atoms with Gasteiger partial charge in [0, 0.05) is 9.79 Å². The summed E-state index contributed by atoms with van der Waals surface area (Å²) in [5, 5.41) is 0. The molecule has 0 aliphatic heterocycles. The van der Waals surface area contributed by atoms with Gasteiger partial charge in [-0.1, -0.05) is 113 Å². The zero-order chi connectivity index (χ0) is 25.8. The molecule has 4 heteroatoms. The molecule has 36 heavy (non-hydrogen) atoms. The SMILES string of the molecule is CCCCCCCC(C)COc1ccc(SSc2ccc(OCC(C)CCCCCCC)cc2)cc1. The topological polar surface area (TPSA) is 18.5 Å². The Kier molecular flexibility index (Phi) is 17.0. The molecule has 2 aromatic rings. The third-order valence-electron chi connectivity index (χ3n) is 6.55. The molecule has 0 saturated carbocycles. The highest BCUT2D eigenvalue weighted by Crippen LogP contribution is 2.38. The third kappa shape index (κ3) is 14.5. The second kappa shape index (κ2) is 19.8. The second-order valence-corrected chi connectivity index (χ2v) is 12.6. The molecule has 0 spiro atoms. The van der Waals surface area contributed by atoms with Crippen molar-refractivity contribution in [2.75, 3.05) is 13.2 Å². The summed E-state index contributed by atoms with van der Waals surface area (Å²) in [6, 6.07) is 17.0. The maximum absolute atomic E-state index is 6.02. The fourth-order valence-electron chi connectivity index (χ4n) is 4.12. The van der Waals surface area contributed by atoms with Gasteiger partial charge >= 0.3 is 0 Å². The molecule has 2 rings (SSSR count). The number of ether oxygens (including phenoxy) is 2. The minimum atomic E-state index is 0.613. The van der Waals surface area contributed by atoms with Crippen LogP contribution in [0.2, 0.25) is 0 Å². The van der Waals surface area contributed by atoms with Crippen LogP contribution < -0.4 is 9.47 Å². The Morgan fingerprint density at radius 1 is 0.528 bits per heavy atom. The maximum Gasteiger partial charge on any atom is 0.119 e. The summed E-state index contributed by atoms with van der Waals surface area (Å²) in [5.74, 6) is 3.17. The Labute approximate surface area is 230 Å². The van der Waals surface area contributed by atoms with E-state index in [9.17, 15) is 0 Å². The van der Waals surface area contributed by atoms with Gasteiger partial charge in [-0.05, 0) is 73.2 Å². The number of hydrogen-bond acceptors (Lipinski definition) is 4. The molecule has 202 valence electrons. The zero-order valence-corrected chi connectivity index (χ0v) is 24.9. The Hall–Kier alpha value is -1.26. The molecule has 2 nitrogen and oxygen atoms in total. The van der Waals surface area contributed by atoms with Gasteiger partial charge in [-0.15, -0.1) is 0 Å². The van der Waals surface area contributed by atoms with Gasteiger partial charge in [0.2, 0.25) is 0 Å². The molecule has 0 N–H and O–H groups in total. The molecule has 0 saturated heterocycles. The summed E-state index contributed by atoms with van der Waals surface area (Å²) in [4.78, 5) is 2.48. The largest absolute Gasteiger partial charge is 0.493 e. The van der Waals surface area contributed by atoms with Crippen molar-refractivity contribution in [3.05, 3.63) is 48.5 Å². The molecular weight excluding hydrogens is 480 g/mol. The van der Waals surface area contributed by atoms with E-state index in [-0.39, 0.29) is 0 Å². The van der Waals surface area contributed by atoms with Crippen LogP contribution in [0.1, 0.15) is 105 Å². The van der Waals surface area contributed by atoms with E-state index in [1.54, 1.807) is 21.6 Å². The van der Waals surface area contributed by atoms with Crippen molar-refractivity contribution in [3.8, 4) is 11.5 Å². The Bertz CT molecular complexity index is 708. The molecule has 2 aromatic carbocycles. The van der Waals surface area contributed by atoms with E-state index in [1.807, 2.05) is 0 Å². The van der Waals surface area contributed by atoms with Gasteiger partial charge in [-0.3, -0.25) is 0 Å². The smallest absolute Gasteiger partial charge is 0.119 e. The van der Waals surface area contributed by atoms with E-state index >= 15 is 0 Å². The van der Waals surface area contributed by atoms with E-state index in [4.69, 9.17) is 9.47 Å². The van der Waals surface area contributed by atoms with Crippen LogP contribution in [0.3, 0.4) is 0 Å². The van der Waals surface area contributed by atoms with Crippen LogP contribution in [-0.4, -0.2) is 13.2 Å². The lowest BCUT2D eigenvalue weighted by atomic mass is 10.0. The van der Waals surface area contributed by atoms with E-state index in [2.05, 4.69) is 76.2 Å². The summed E-state index contributed by atoms with van der Waals surface area (Å²) < 4.78 is 12.0. The fraction of sp³-hybridized carbons (Fsp3) is 0.625. The standard InChI is InChI=1S/C32H50O2S2/c1-5-7-9-11-13-15-27(3)25-33-29-17-21-31(22-18-29)35-36-32-23-19-30(20-24-32)34-26-28(4)16-14-12-10-8-6-2/h17-24,27-28H,5-16,25-26H2,1-4H3. The number of rotatable bonds is 21. The van der Waals surface area contributed by atoms with Crippen LogP contribution in [0.15, 0.2) is 58.3 Å². The van der Waals surface area contributed by atoms with Crippen LogP contribution in [0.4, 0.5) is 0 Å². The zero-order valence-electron chi connectivity index (χ0n) is 23.3. The normalized spacial score (nSPS) is 12.9. The van der Waals surface area contributed by atoms with Gasteiger partial charge in [0.1, 0.15) is 11.5 Å². The summed E-state index contributed by atoms with van der Waals surface area (Å²) in [6.07, 6.45) is 16.0. The molecule has 2 unspecified atom stereocenters. The van der Waals surface area contributed by atoms with Gasteiger partial charge in [-0.2, -0.15) is 0 Å². The number of hydrogen-bond donors (Lipinski definition) is 0. The highest BCUT2D eigenvalue weighted by Gasteiger charge is 2.06. The van der Waals surface area contributed by atoms with Gasteiger partial charge in [0.05, 0.1) is 13.2 Å². The molecular formula is C32H50O2S2. The van der Waals surface area contributed by atoms with E-state index in [0.717, 1.165) is 24.7 Å². The number of unbranched alkanes of at least 4 members (excludes halogenated alkanes) is 8. The van der Waals surface area contributed by atoms with Crippen LogP contribution in [-0.2, 0) is 0 Å². The van der Waals surface area contributed by atoms with Crippen molar-refractivity contribution in [3.63, 3.8) is 0 Å². The molecule has 0 radical (unpaired) electrons. The first-order valence-electron chi connectivity index (χ1n) is 14.4. The van der Waals surface area contributed by atoms with E-state index < -0.39 is 0 Å². The number of benzene rings is 2. The maximum atomic E-state index is 6.02. The first-order valence-corrected chi connectivity index (χ1v) is 16.6. The third-order valence-corrected chi connectivity index (χ3v) is 8.97. The van der Waals surface area contributed by atoms with Crippen molar-refractivity contribution in [2.24, 2.45) is 11.8 Å². The van der Waals surface area contributed by atoms with Crippen molar-refractivity contribution in [1.29, 1.82) is 0 Å². The van der Waals surface area contributed by atoms with Crippen molar-refractivity contribution < 1.29 is 9.47 Å². The average Bonchev–Trinajstić information content (AvgIpc) is 2.90. The second-order valence-electron chi connectivity index (χ2n) is 10.3. The first kappa shape index (κ1) is 31.0. The average molecular weight is 531 g/mol. The van der Waals surface area contributed by atoms with Crippen LogP contribution in [0.5, 0.6) is 11.5 Å². The van der Waals surface area contributed by atoms with Crippen LogP contribution in [0, 0.1) is 11.8 Å². The highest BCUT2D eigenvalue weighted by molar-refractivity contribution is 8.76. The lowest BCUT2D eigenvalue weighted by Crippen LogP contribution is -2.08. The molecule has 0 heterocycles. The molecule has 0 aliphatic carbocycles. The molecule has 0 aliphatic rings. The fourth-order valence-corrected chi connectivity index (χ4v) is 6.05. The minimum Gasteiger partial charge on any atom is -0.493 e. The van der Waals surface area contributed by atoms with Gasteiger partial charge in [-0.25, -0.2) is 0 Å². The van der Waals surface area contributed by atoms with Gasteiger partial charge in [0.15, 0.2) is 0 Å². The molecule has 0 aromatic heterocycles. The van der Waals surface area contributed by atoms with Gasteiger partial charge in [0.25, 0.3) is 0 Å². The quantitative estimate of drug-likeness (QED) is 0.118. The van der Waals surface area contributed by atoms with Crippen LogP contribution in [0.25, 0.3) is 0 Å². The molecule has 0 bridgehead atoms. The summed E-state index contributed by atoms with van der Waals surface area (Å²) in [6.45, 7) is 10.7. The van der Waals surface area contributed by atoms with Crippen molar-refractivity contribution >= 4 is 21.6 Å². The summed E-state index contributed by atoms with van der Waals surface area (Å²) in [7, 11) is 3.57. The van der Waals surface area contributed by atoms with Gasteiger partial charge < -0.3 is 9.47 Å². The Morgan fingerprint density at radius 2 is 0.889 bits per heavy atom. The Morgan fingerprint density at radius 3 is 1.25 bits per heavy atom. The molecule has 2 atom stereocenters. The van der Waals surface area contributed by atoms with Crippen molar-refractivity contribution in [2.45, 2.75) is 115 Å². The molecule has 0 amide bonds. The first-order chi connectivity index (χ1) is 17.6.